The molecule has 0 atom stereocenters. The molecule has 0 aliphatic heterocycles. The van der Waals surface area contributed by atoms with Crippen molar-refractivity contribution in [3.05, 3.63) is 29.8 Å². The number of phenolic OH excluding ortho intramolecular Hbond substituents is 1. The van der Waals surface area contributed by atoms with Gasteiger partial charge in [0, 0.05) is 17.4 Å². The van der Waals surface area contributed by atoms with E-state index in [4.69, 9.17) is 4.74 Å². The van der Waals surface area contributed by atoms with Crippen LogP contribution in [0.15, 0.2) is 24.3 Å². The van der Waals surface area contributed by atoms with Crippen LogP contribution in [0, 0.1) is 0 Å². The number of carbonyl (C=O) groups is 1. The van der Waals surface area contributed by atoms with Gasteiger partial charge in [-0.2, -0.15) is 0 Å². The molecule has 0 aliphatic rings. The van der Waals surface area contributed by atoms with E-state index in [-0.39, 0.29) is 28.7 Å². The third kappa shape index (κ3) is 3.10. The second kappa shape index (κ2) is 5.63. The number of phenols is 1. The van der Waals surface area contributed by atoms with E-state index < -0.39 is 5.97 Å². The summed E-state index contributed by atoms with van der Waals surface area (Å²) in [6.45, 7) is 2.03. The lowest BCUT2D eigenvalue weighted by molar-refractivity contribution is 0.0523. The molecule has 0 unspecified atom stereocenters. The molecule has 1 N–H and O–H groups in total. The zero-order valence-electron chi connectivity index (χ0n) is 7.36. The summed E-state index contributed by atoms with van der Waals surface area (Å²) in [5, 5.41) is 9.21. The van der Waals surface area contributed by atoms with Crippen LogP contribution >= 0.6 is 0 Å². The largest absolute Gasteiger partial charge is 0.507 e. The number of hydrogen-bond donors (Lipinski definition) is 1. The van der Waals surface area contributed by atoms with E-state index >= 15 is 0 Å². The molecule has 4 heteroatoms. The van der Waals surface area contributed by atoms with E-state index in [9.17, 15) is 9.90 Å². The molecule has 0 heterocycles. The predicted molar refractivity (Wildman–Crippen MR) is 49.8 cm³/mol. The lowest BCUT2D eigenvalue weighted by Gasteiger charge is -2.02. The molecule has 0 bridgehead atoms. The van der Waals surface area contributed by atoms with Crippen LogP contribution in [0.1, 0.15) is 17.3 Å². The number of para-hydroxylation sites is 1. The number of hydrogen-bond acceptors (Lipinski definition) is 3. The highest BCUT2D eigenvalue weighted by molar-refractivity contribution is 5.92. The lowest BCUT2D eigenvalue weighted by atomic mass is 10.2. The Kier molecular flexibility index (Phi) is 5.21. The standard InChI is InChI=1S/C9H10O3.Al/c1-2-12-9(11)7-5-3-4-6-8(7)10;/h3-6,10H,2H2,1H3;. The SMILES string of the molecule is CCOC(=O)c1ccccc1O.[Al]. The van der Waals surface area contributed by atoms with Crippen LogP contribution in [0.2, 0.25) is 0 Å². The molecule has 1 aromatic carbocycles. The van der Waals surface area contributed by atoms with Gasteiger partial charge in [0.15, 0.2) is 0 Å². The first-order chi connectivity index (χ1) is 5.75. The van der Waals surface area contributed by atoms with Crippen molar-refractivity contribution in [3.63, 3.8) is 0 Å². The fraction of sp³-hybridized carbons (Fsp3) is 0.222. The highest BCUT2D eigenvalue weighted by Crippen LogP contribution is 2.16. The van der Waals surface area contributed by atoms with Gasteiger partial charge in [0.25, 0.3) is 0 Å². The van der Waals surface area contributed by atoms with Gasteiger partial charge in [0.2, 0.25) is 0 Å². The van der Waals surface area contributed by atoms with Crippen molar-refractivity contribution in [1.82, 2.24) is 0 Å². The second-order valence-corrected chi connectivity index (χ2v) is 2.24. The molecule has 1 aromatic rings. The summed E-state index contributed by atoms with van der Waals surface area (Å²) in [7, 11) is 0. The van der Waals surface area contributed by atoms with E-state index in [0.717, 1.165) is 0 Å². The Morgan fingerprint density at radius 3 is 2.62 bits per heavy atom. The highest BCUT2D eigenvalue weighted by atomic mass is 27.0. The Hall–Kier alpha value is -0.978. The zero-order valence-corrected chi connectivity index (χ0v) is 8.51. The lowest BCUT2D eigenvalue weighted by Crippen LogP contribution is -2.04. The molecule has 3 radical (unpaired) electrons. The van der Waals surface area contributed by atoms with E-state index in [1.807, 2.05) is 0 Å². The minimum absolute atomic E-state index is 0. The summed E-state index contributed by atoms with van der Waals surface area (Å²) in [4.78, 5) is 11.1. The van der Waals surface area contributed by atoms with Crippen LogP contribution in [-0.2, 0) is 4.74 Å². The summed E-state index contributed by atoms with van der Waals surface area (Å²) in [6.07, 6.45) is 0. The molecule has 13 heavy (non-hydrogen) atoms. The summed E-state index contributed by atoms with van der Waals surface area (Å²) in [5.41, 5.74) is 0.208. The molecule has 0 fully saturated rings. The molecule has 0 spiro atoms. The van der Waals surface area contributed by atoms with Gasteiger partial charge in [-0.25, -0.2) is 4.79 Å². The van der Waals surface area contributed by atoms with Crippen molar-refractivity contribution in [2.75, 3.05) is 6.61 Å². The maximum Gasteiger partial charge on any atom is 0.341 e. The number of benzene rings is 1. The van der Waals surface area contributed by atoms with Gasteiger partial charge in [-0.3, -0.25) is 0 Å². The third-order valence-corrected chi connectivity index (χ3v) is 1.40. The Bertz CT molecular complexity index is 286. The van der Waals surface area contributed by atoms with Crippen LogP contribution in [0.25, 0.3) is 0 Å². The zero-order chi connectivity index (χ0) is 8.97. The van der Waals surface area contributed by atoms with Gasteiger partial charge in [0.05, 0.1) is 6.61 Å². The smallest absolute Gasteiger partial charge is 0.341 e. The van der Waals surface area contributed by atoms with Gasteiger partial charge >= 0.3 is 5.97 Å². The van der Waals surface area contributed by atoms with E-state index in [2.05, 4.69) is 0 Å². The van der Waals surface area contributed by atoms with Crippen LogP contribution in [0.3, 0.4) is 0 Å². The van der Waals surface area contributed by atoms with Crippen molar-refractivity contribution in [3.8, 4) is 5.75 Å². The van der Waals surface area contributed by atoms with Gasteiger partial charge in [-0.15, -0.1) is 0 Å². The number of aromatic hydroxyl groups is 1. The quantitative estimate of drug-likeness (QED) is 0.566. The molecular formula is C9H10AlO3. The first kappa shape index (κ1) is 12.0. The molecule has 3 nitrogen and oxygen atoms in total. The molecule has 67 valence electrons. The van der Waals surface area contributed by atoms with E-state index in [0.29, 0.717) is 6.61 Å². The number of esters is 1. The molecular weight excluding hydrogens is 183 g/mol. The van der Waals surface area contributed by atoms with E-state index in [1.54, 1.807) is 19.1 Å². The van der Waals surface area contributed by atoms with Gasteiger partial charge in [-0.1, -0.05) is 12.1 Å². The Morgan fingerprint density at radius 1 is 1.46 bits per heavy atom. The maximum atomic E-state index is 11.1. The topological polar surface area (TPSA) is 46.5 Å². The van der Waals surface area contributed by atoms with Crippen LogP contribution in [0.4, 0.5) is 0 Å². The molecule has 0 saturated carbocycles. The molecule has 1 rings (SSSR count). The van der Waals surface area contributed by atoms with Gasteiger partial charge < -0.3 is 9.84 Å². The number of ether oxygens (including phenoxy) is 1. The normalized spacial score (nSPS) is 8.69. The second-order valence-electron chi connectivity index (χ2n) is 2.24. The van der Waals surface area contributed by atoms with Gasteiger partial charge in [-0.05, 0) is 19.1 Å². The van der Waals surface area contributed by atoms with Crippen LogP contribution < -0.4 is 0 Å². The van der Waals surface area contributed by atoms with Crippen LogP contribution in [0.5, 0.6) is 5.75 Å². The average molecular weight is 193 g/mol. The fourth-order valence-corrected chi connectivity index (χ4v) is 0.855. The Morgan fingerprint density at radius 2 is 2.08 bits per heavy atom. The summed E-state index contributed by atoms with van der Waals surface area (Å²) in [5.74, 6) is -0.536. The van der Waals surface area contributed by atoms with Crippen molar-refractivity contribution in [1.29, 1.82) is 0 Å². The average Bonchev–Trinajstić information content (AvgIpc) is 2.05. The van der Waals surface area contributed by atoms with Gasteiger partial charge in [0.1, 0.15) is 11.3 Å². The minimum atomic E-state index is -0.490. The van der Waals surface area contributed by atoms with E-state index in [1.165, 1.54) is 12.1 Å². The molecule has 0 aromatic heterocycles. The Labute approximate surface area is 87.5 Å². The molecule has 0 saturated heterocycles. The maximum absolute atomic E-state index is 11.1. The number of carbonyl (C=O) groups excluding carboxylic acids is 1. The summed E-state index contributed by atoms with van der Waals surface area (Å²) >= 11 is 0. The summed E-state index contributed by atoms with van der Waals surface area (Å²) < 4.78 is 4.71. The molecule has 0 aliphatic carbocycles. The summed E-state index contributed by atoms with van der Waals surface area (Å²) in [6, 6.07) is 6.30. The monoisotopic (exact) mass is 193 g/mol. The molecule has 0 amide bonds. The van der Waals surface area contributed by atoms with Crippen molar-refractivity contribution in [2.24, 2.45) is 0 Å². The van der Waals surface area contributed by atoms with Crippen LogP contribution in [-0.4, -0.2) is 35.0 Å². The fourth-order valence-electron chi connectivity index (χ4n) is 0.855. The predicted octanol–water partition coefficient (Wildman–Crippen LogP) is 1.19. The minimum Gasteiger partial charge on any atom is -0.507 e. The van der Waals surface area contributed by atoms with Crippen molar-refractivity contribution < 1.29 is 14.6 Å². The third-order valence-electron chi connectivity index (χ3n) is 1.40. The highest BCUT2D eigenvalue weighted by Gasteiger charge is 2.09. The first-order valence-corrected chi connectivity index (χ1v) is 3.70. The first-order valence-electron chi connectivity index (χ1n) is 3.70. The Balaban J connectivity index is 0.00000144. The van der Waals surface area contributed by atoms with Crippen molar-refractivity contribution >= 4 is 23.3 Å². The number of rotatable bonds is 2. The van der Waals surface area contributed by atoms with Crippen molar-refractivity contribution in [2.45, 2.75) is 6.92 Å².